The van der Waals surface area contributed by atoms with Gasteiger partial charge in [0.1, 0.15) is 5.82 Å². The van der Waals surface area contributed by atoms with E-state index in [1.54, 1.807) is 12.3 Å². The van der Waals surface area contributed by atoms with Gasteiger partial charge in [0, 0.05) is 30.9 Å². The fraction of sp³-hybridized carbons (Fsp3) is 0.238. The van der Waals surface area contributed by atoms with Crippen LogP contribution < -0.4 is 4.90 Å². The van der Waals surface area contributed by atoms with Gasteiger partial charge in [0.05, 0.1) is 5.56 Å². The van der Waals surface area contributed by atoms with Crippen LogP contribution in [0.2, 0.25) is 0 Å². The second kappa shape index (κ2) is 8.29. The number of hydrogen-bond acceptors (Lipinski definition) is 3. The molecule has 1 aromatic heterocycles. The van der Waals surface area contributed by atoms with Crippen LogP contribution in [-0.2, 0) is 11.0 Å². The molecular weight excluding hydrogens is 369 g/mol. The van der Waals surface area contributed by atoms with Crippen LogP contribution in [0.25, 0.3) is 5.57 Å². The minimum absolute atomic E-state index is 0.541. The van der Waals surface area contributed by atoms with Gasteiger partial charge in [-0.2, -0.15) is 13.2 Å². The lowest BCUT2D eigenvalue weighted by atomic mass is 9.97. The molecule has 146 valence electrons. The summed E-state index contributed by atoms with van der Waals surface area (Å²) in [6, 6.07) is 8.49. The lowest BCUT2D eigenvalue weighted by molar-refractivity contribution is -0.137. The molecule has 0 amide bonds. The third-order valence-electron chi connectivity index (χ3n) is 4.51. The average Bonchev–Trinajstić information content (AvgIpc) is 3.19. The van der Waals surface area contributed by atoms with Gasteiger partial charge in [0.15, 0.2) is 0 Å². The van der Waals surface area contributed by atoms with Crippen LogP contribution >= 0.6 is 0 Å². The minimum Gasteiger partial charge on any atom is -0.478 e. The molecule has 1 aromatic carbocycles. The van der Waals surface area contributed by atoms with Crippen molar-refractivity contribution >= 4 is 17.4 Å². The van der Waals surface area contributed by atoms with E-state index in [1.165, 1.54) is 18.2 Å². The number of aromatic nitrogens is 1. The van der Waals surface area contributed by atoms with E-state index >= 15 is 0 Å². The van der Waals surface area contributed by atoms with Crippen LogP contribution in [0.4, 0.5) is 19.0 Å². The van der Waals surface area contributed by atoms with E-state index in [2.05, 4.69) is 9.88 Å². The van der Waals surface area contributed by atoms with E-state index < -0.39 is 17.7 Å². The Balaban J connectivity index is 1.94. The van der Waals surface area contributed by atoms with Gasteiger partial charge in [-0.15, -0.1) is 0 Å². The van der Waals surface area contributed by atoms with Crippen LogP contribution in [0.5, 0.6) is 0 Å². The van der Waals surface area contributed by atoms with Crippen molar-refractivity contribution in [2.75, 3.05) is 18.0 Å². The Hall–Kier alpha value is -3.09. The smallest absolute Gasteiger partial charge is 0.416 e. The van der Waals surface area contributed by atoms with Crippen molar-refractivity contribution in [1.29, 1.82) is 0 Å². The van der Waals surface area contributed by atoms with Crippen LogP contribution in [0.1, 0.15) is 29.5 Å². The van der Waals surface area contributed by atoms with Crippen LogP contribution in [0.3, 0.4) is 0 Å². The first-order chi connectivity index (χ1) is 13.3. The van der Waals surface area contributed by atoms with Crippen molar-refractivity contribution < 1.29 is 23.1 Å². The Kier molecular flexibility index (Phi) is 5.82. The zero-order valence-electron chi connectivity index (χ0n) is 15.0. The number of hydrogen-bond donors (Lipinski definition) is 1. The van der Waals surface area contributed by atoms with Gasteiger partial charge in [-0.3, -0.25) is 0 Å². The molecule has 0 spiro atoms. The monoisotopic (exact) mass is 388 g/mol. The van der Waals surface area contributed by atoms with Gasteiger partial charge in [-0.05, 0) is 48.2 Å². The molecule has 4 nitrogen and oxygen atoms in total. The number of benzene rings is 1. The summed E-state index contributed by atoms with van der Waals surface area (Å²) in [7, 11) is 0. The number of nitrogens with zero attached hydrogens (tertiary/aromatic N) is 2. The molecule has 3 rings (SSSR count). The quantitative estimate of drug-likeness (QED) is 0.592. The number of rotatable bonds is 5. The molecule has 0 aliphatic carbocycles. The first kappa shape index (κ1) is 19.7. The highest BCUT2D eigenvalue weighted by atomic mass is 19.4. The number of halogens is 3. The summed E-state index contributed by atoms with van der Waals surface area (Å²) in [6.07, 6.45) is 3.37. The molecule has 1 aliphatic rings. The SMILES string of the molecule is O=C(O)/C=C/C=C(\c1ccc(C(F)(F)F)cc1)c1ccc(N2CCCC2)nc1. The lowest BCUT2D eigenvalue weighted by Crippen LogP contribution is -2.18. The highest BCUT2D eigenvalue weighted by molar-refractivity contribution is 5.84. The summed E-state index contributed by atoms with van der Waals surface area (Å²) < 4.78 is 38.5. The summed E-state index contributed by atoms with van der Waals surface area (Å²) in [6.45, 7) is 1.91. The highest BCUT2D eigenvalue weighted by Gasteiger charge is 2.30. The first-order valence-electron chi connectivity index (χ1n) is 8.85. The van der Waals surface area contributed by atoms with E-state index in [1.807, 2.05) is 12.1 Å². The van der Waals surface area contributed by atoms with E-state index in [9.17, 15) is 18.0 Å². The van der Waals surface area contributed by atoms with Crippen LogP contribution in [-0.4, -0.2) is 29.1 Å². The molecule has 28 heavy (non-hydrogen) atoms. The number of anilines is 1. The standard InChI is InChI=1S/C21H19F3N2O2/c22-21(23,24)17-9-6-15(7-10-17)18(4-3-5-20(27)28)16-8-11-19(25-14-16)26-12-1-2-13-26/h3-11,14H,1-2,12-13H2,(H,27,28)/b5-3+,18-4+. The number of aliphatic carboxylic acids is 1. The summed E-state index contributed by atoms with van der Waals surface area (Å²) in [5.74, 6) is -0.250. The molecule has 0 saturated carbocycles. The predicted molar refractivity (Wildman–Crippen MR) is 101 cm³/mol. The number of alkyl halides is 3. The zero-order chi connectivity index (χ0) is 20.1. The lowest BCUT2D eigenvalue weighted by Gasteiger charge is -2.17. The number of pyridine rings is 1. The first-order valence-corrected chi connectivity index (χ1v) is 8.85. The molecule has 1 aliphatic heterocycles. The Morgan fingerprint density at radius 2 is 1.68 bits per heavy atom. The van der Waals surface area contributed by atoms with E-state index in [0.717, 1.165) is 50.0 Å². The Bertz CT molecular complexity index is 879. The van der Waals surface area contributed by atoms with Gasteiger partial charge in [-0.25, -0.2) is 9.78 Å². The van der Waals surface area contributed by atoms with E-state index in [4.69, 9.17) is 5.11 Å². The highest BCUT2D eigenvalue weighted by Crippen LogP contribution is 2.31. The normalized spacial score (nSPS) is 15.4. The van der Waals surface area contributed by atoms with Crippen molar-refractivity contribution in [3.05, 3.63) is 77.5 Å². The Morgan fingerprint density at radius 1 is 1.04 bits per heavy atom. The largest absolute Gasteiger partial charge is 0.478 e. The Morgan fingerprint density at radius 3 is 2.21 bits per heavy atom. The number of carboxylic acids is 1. The fourth-order valence-electron chi connectivity index (χ4n) is 3.10. The average molecular weight is 388 g/mol. The maximum Gasteiger partial charge on any atom is 0.416 e. The number of carboxylic acid groups (broad SMARTS) is 1. The second-order valence-corrected chi connectivity index (χ2v) is 6.45. The molecule has 1 N–H and O–H groups in total. The summed E-state index contributed by atoms with van der Waals surface area (Å²) in [5, 5.41) is 8.79. The van der Waals surface area contributed by atoms with Crippen LogP contribution in [0, 0.1) is 0 Å². The second-order valence-electron chi connectivity index (χ2n) is 6.45. The van der Waals surface area contributed by atoms with Crippen molar-refractivity contribution in [3.63, 3.8) is 0 Å². The fourth-order valence-corrected chi connectivity index (χ4v) is 3.10. The third kappa shape index (κ3) is 4.79. The molecule has 2 aromatic rings. The summed E-state index contributed by atoms with van der Waals surface area (Å²) in [5.41, 5.74) is 1.09. The van der Waals surface area contributed by atoms with E-state index in [-0.39, 0.29) is 0 Å². The molecular formula is C21H19F3N2O2. The molecule has 2 heterocycles. The van der Waals surface area contributed by atoms with Gasteiger partial charge >= 0.3 is 12.1 Å². The summed E-state index contributed by atoms with van der Waals surface area (Å²) >= 11 is 0. The maximum absolute atomic E-state index is 12.8. The predicted octanol–water partition coefficient (Wildman–Crippen LogP) is 4.77. The van der Waals surface area contributed by atoms with Gasteiger partial charge < -0.3 is 10.0 Å². The minimum atomic E-state index is -4.41. The number of carbonyl (C=O) groups is 1. The van der Waals surface area contributed by atoms with Crippen molar-refractivity contribution in [2.45, 2.75) is 19.0 Å². The molecule has 0 radical (unpaired) electrons. The zero-order valence-corrected chi connectivity index (χ0v) is 15.0. The van der Waals surface area contributed by atoms with Gasteiger partial charge in [-0.1, -0.05) is 24.3 Å². The van der Waals surface area contributed by atoms with Gasteiger partial charge in [0.2, 0.25) is 0 Å². The molecule has 1 fully saturated rings. The molecule has 0 atom stereocenters. The van der Waals surface area contributed by atoms with E-state index in [0.29, 0.717) is 16.7 Å². The van der Waals surface area contributed by atoms with Crippen molar-refractivity contribution in [2.24, 2.45) is 0 Å². The summed E-state index contributed by atoms with van der Waals surface area (Å²) in [4.78, 5) is 17.4. The number of allylic oxidation sites excluding steroid dienone is 2. The molecule has 0 unspecified atom stereocenters. The maximum atomic E-state index is 12.8. The molecule has 1 saturated heterocycles. The molecule has 7 heteroatoms. The Labute approximate surface area is 160 Å². The third-order valence-corrected chi connectivity index (χ3v) is 4.51. The van der Waals surface area contributed by atoms with Crippen molar-refractivity contribution in [3.8, 4) is 0 Å². The van der Waals surface area contributed by atoms with Crippen LogP contribution in [0.15, 0.2) is 60.8 Å². The van der Waals surface area contributed by atoms with Crippen molar-refractivity contribution in [1.82, 2.24) is 4.98 Å². The topological polar surface area (TPSA) is 53.4 Å². The molecule has 0 bridgehead atoms. The van der Waals surface area contributed by atoms with Gasteiger partial charge in [0.25, 0.3) is 0 Å².